The fourth-order valence-corrected chi connectivity index (χ4v) is 5.47. The second-order valence-corrected chi connectivity index (χ2v) is 10.2. The van der Waals surface area contributed by atoms with E-state index in [4.69, 9.17) is 14.2 Å². The number of carbonyl (C=O) groups excluding carboxylic acids is 2. The molecule has 0 saturated carbocycles. The van der Waals surface area contributed by atoms with Crippen LogP contribution in [0, 0.1) is 0 Å². The number of anilines is 1. The lowest BCUT2D eigenvalue weighted by molar-refractivity contribution is 0.0516. The zero-order valence-corrected chi connectivity index (χ0v) is 24.8. The molecule has 5 rings (SSSR count). The Bertz CT molecular complexity index is 1740. The summed E-state index contributed by atoms with van der Waals surface area (Å²) >= 11 is 1.16. The van der Waals surface area contributed by atoms with Crippen LogP contribution in [0.1, 0.15) is 42.7 Å². The lowest BCUT2D eigenvalue weighted by atomic mass is 10.00. The standard InChI is InChI=1S/C31H33N5O5S/c1-5-7-14-32-31(38)33-20-9-13-26-23(16-20)28(22-11-10-21(39-3)17-27(22)40-4)29(30(37)41-6-2)36(26)18-19-8-12-24-25(15-19)35-42-34-24/h8-13,15-17H,5-7,14,18H2,1-4H3,(H2,32,33,38). The molecule has 2 heterocycles. The van der Waals surface area contributed by atoms with Gasteiger partial charge < -0.3 is 29.4 Å². The van der Waals surface area contributed by atoms with Crippen molar-refractivity contribution in [2.24, 2.45) is 0 Å². The average molecular weight is 588 g/mol. The molecule has 5 aromatic rings. The summed E-state index contributed by atoms with van der Waals surface area (Å²) in [5.74, 6) is 0.683. The van der Waals surface area contributed by atoms with E-state index in [2.05, 4.69) is 26.3 Å². The number of aromatic nitrogens is 3. The molecule has 2 N–H and O–H groups in total. The molecule has 42 heavy (non-hydrogen) atoms. The van der Waals surface area contributed by atoms with Crippen LogP contribution in [-0.4, -0.2) is 52.7 Å². The summed E-state index contributed by atoms with van der Waals surface area (Å²) in [6.45, 7) is 5.02. The Hall–Kier alpha value is -4.64. The molecule has 0 aliphatic heterocycles. The number of unbranched alkanes of at least 4 members (excludes halogenated alkanes) is 1. The highest BCUT2D eigenvalue weighted by molar-refractivity contribution is 7.00. The summed E-state index contributed by atoms with van der Waals surface area (Å²) in [6.07, 6.45) is 1.87. The van der Waals surface area contributed by atoms with Crippen molar-refractivity contribution in [1.82, 2.24) is 18.6 Å². The molecule has 0 fully saturated rings. The summed E-state index contributed by atoms with van der Waals surface area (Å²) in [6, 6.07) is 16.7. The first-order valence-corrected chi connectivity index (χ1v) is 14.5. The Kier molecular flexibility index (Phi) is 8.87. The first kappa shape index (κ1) is 28.9. The number of amides is 2. The number of methoxy groups -OCH3 is 2. The van der Waals surface area contributed by atoms with Gasteiger partial charge in [0.05, 0.1) is 32.6 Å². The molecule has 0 bridgehead atoms. The fourth-order valence-electron chi connectivity index (χ4n) is 4.95. The van der Waals surface area contributed by atoms with Gasteiger partial charge in [-0.1, -0.05) is 19.4 Å². The van der Waals surface area contributed by atoms with Gasteiger partial charge in [-0.3, -0.25) is 0 Å². The third kappa shape index (κ3) is 5.87. The van der Waals surface area contributed by atoms with Crippen molar-refractivity contribution in [3.63, 3.8) is 0 Å². The maximum Gasteiger partial charge on any atom is 0.355 e. The maximum absolute atomic E-state index is 13.7. The lowest BCUT2D eigenvalue weighted by Gasteiger charge is -2.14. The van der Waals surface area contributed by atoms with Crippen LogP contribution < -0.4 is 20.1 Å². The molecule has 0 spiro atoms. The zero-order valence-electron chi connectivity index (χ0n) is 24.0. The van der Waals surface area contributed by atoms with Crippen LogP contribution in [-0.2, 0) is 11.3 Å². The van der Waals surface area contributed by atoms with Crippen molar-refractivity contribution in [1.29, 1.82) is 0 Å². The second-order valence-electron chi connectivity index (χ2n) is 9.65. The van der Waals surface area contributed by atoms with Gasteiger partial charge in [0.2, 0.25) is 0 Å². The average Bonchev–Trinajstić information content (AvgIpc) is 3.59. The molecule has 218 valence electrons. The predicted molar refractivity (Wildman–Crippen MR) is 165 cm³/mol. The number of nitrogens with one attached hydrogen (secondary N) is 2. The van der Waals surface area contributed by atoms with E-state index in [0.29, 0.717) is 47.1 Å². The minimum absolute atomic E-state index is 0.209. The number of hydrogen-bond acceptors (Lipinski definition) is 8. The van der Waals surface area contributed by atoms with Crippen molar-refractivity contribution >= 4 is 51.4 Å². The van der Waals surface area contributed by atoms with Gasteiger partial charge in [-0.15, -0.1) is 0 Å². The van der Waals surface area contributed by atoms with Crippen LogP contribution in [0.15, 0.2) is 54.6 Å². The van der Waals surface area contributed by atoms with Crippen LogP contribution in [0.5, 0.6) is 11.5 Å². The number of benzene rings is 3. The van der Waals surface area contributed by atoms with E-state index < -0.39 is 5.97 Å². The number of hydrogen-bond donors (Lipinski definition) is 2. The number of carbonyl (C=O) groups is 2. The normalized spacial score (nSPS) is 11.0. The molecule has 0 aliphatic carbocycles. The summed E-state index contributed by atoms with van der Waals surface area (Å²) in [4.78, 5) is 26.3. The summed E-state index contributed by atoms with van der Waals surface area (Å²) in [7, 11) is 3.16. The van der Waals surface area contributed by atoms with Gasteiger partial charge in [0.15, 0.2) is 0 Å². The molecule has 11 heteroatoms. The molecular weight excluding hydrogens is 554 g/mol. The third-order valence-corrected chi connectivity index (χ3v) is 7.50. The number of rotatable bonds is 11. The quantitative estimate of drug-likeness (QED) is 0.134. The van der Waals surface area contributed by atoms with Crippen LogP contribution >= 0.6 is 11.7 Å². The number of ether oxygens (including phenoxy) is 3. The SMILES string of the molecule is CCCCNC(=O)Nc1ccc2c(c1)c(-c1ccc(OC)cc1OC)c(C(=O)OCC)n2Cc1ccc2nsnc2c1. The molecule has 0 aliphatic rings. The monoisotopic (exact) mass is 587 g/mol. The van der Waals surface area contributed by atoms with E-state index in [0.717, 1.165) is 52.1 Å². The Morgan fingerprint density at radius 1 is 0.952 bits per heavy atom. The minimum Gasteiger partial charge on any atom is -0.497 e. The van der Waals surface area contributed by atoms with Gasteiger partial charge in [-0.05, 0) is 61.4 Å². The van der Waals surface area contributed by atoms with Gasteiger partial charge in [-0.2, -0.15) is 8.75 Å². The van der Waals surface area contributed by atoms with E-state index in [1.54, 1.807) is 27.2 Å². The van der Waals surface area contributed by atoms with Crippen molar-refractivity contribution < 1.29 is 23.8 Å². The molecule has 3 aromatic carbocycles. The smallest absolute Gasteiger partial charge is 0.355 e. The highest BCUT2D eigenvalue weighted by Crippen LogP contribution is 2.42. The lowest BCUT2D eigenvalue weighted by Crippen LogP contribution is -2.29. The Morgan fingerprint density at radius 3 is 2.55 bits per heavy atom. The van der Waals surface area contributed by atoms with Crippen LogP contribution in [0.25, 0.3) is 33.1 Å². The van der Waals surface area contributed by atoms with E-state index >= 15 is 0 Å². The molecule has 0 atom stereocenters. The maximum atomic E-state index is 13.7. The molecule has 0 radical (unpaired) electrons. The first-order chi connectivity index (χ1) is 20.5. The van der Waals surface area contributed by atoms with Gasteiger partial charge in [0, 0.05) is 46.9 Å². The largest absolute Gasteiger partial charge is 0.497 e. The molecule has 2 amide bonds. The third-order valence-electron chi connectivity index (χ3n) is 6.94. The number of fused-ring (bicyclic) bond motifs is 2. The Labute approximate surface area is 247 Å². The van der Waals surface area contributed by atoms with Gasteiger partial charge in [-0.25, -0.2) is 9.59 Å². The molecule has 10 nitrogen and oxygen atoms in total. The number of esters is 1. The summed E-state index contributed by atoms with van der Waals surface area (Å²) in [5, 5.41) is 6.56. The van der Waals surface area contributed by atoms with E-state index in [-0.39, 0.29) is 12.6 Å². The molecule has 0 unspecified atom stereocenters. The van der Waals surface area contributed by atoms with Gasteiger partial charge in [0.1, 0.15) is 28.2 Å². The first-order valence-electron chi connectivity index (χ1n) is 13.8. The number of nitrogens with zero attached hydrogens (tertiary/aromatic N) is 3. The van der Waals surface area contributed by atoms with Gasteiger partial charge >= 0.3 is 12.0 Å². The fraction of sp³-hybridized carbons (Fsp3) is 0.290. The van der Waals surface area contributed by atoms with E-state index in [9.17, 15) is 9.59 Å². The number of urea groups is 1. The van der Waals surface area contributed by atoms with E-state index in [1.807, 2.05) is 53.1 Å². The molecule has 0 saturated heterocycles. The van der Waals surface area contributed by atoms with E-state index in [1.165, 1.54) is 0 Å². The van der Waals surface area contributed by atoms with Crippen LogP contribution in [0.3, 0.4) is 0 Å². The van der Waals surface area contributed by atoms with Crippen molar-refractivity contribution in [3.05, 3.63) is 65.9 Å². The van der Waals surface area contributed by atoms with Crippen LogP contribution in [0.2, 0.25) is 0 Å². The minimum atomic E-state index is -0.468. The van der Waals surface area contributed by atoms with Crippen molar-refractivity contribution in [3.8, 4) is 22.6 Å². The predicted octanol–water partition coefficient (Wildman–Crippen LogP) is 6.48. The molecular formula is C31H33N5O5S. The zero-order chi connectivity index (χ0) is 29.6. The topological polar surface area (TPSA) is 117 Å². The Balaban J connectivity index is 1.72. The Morgan fingerprint density at radius 2 is 1.79 bits per heavy atom. The van der Waals surface area contributed by atoms with Crippen LogP contribution in [0.4, 0.5) is 10.5 Å². The van der Waals surface area contributed by atoms with Crippen molar-refractivity contribution in [2.45, 2.75) is 33.2 Å². The summed E-state index contributed by atoms with van der Waals surface area (Å²) in [5.41, 5.74) is 5.64. The summed E-state index contributed by atoms with van der Waals surface area (Å²) < 4.78 is 27.4. The highest BCUT2D eigenvalue weighted by Gasteiger charge is 2.28. The second kappa shape index (κ2) is 12.9. The van der Waals surface area contributed by atoms with Gasteiger partial charge in [0.25, 0.3) is 0 Å². The molecule has 2 aromatic heterocycles. The van der Waals surface area contributed by atoms with Crippen molar-refractivity contribution in [2.75, 3.05) is 32.7 Å². The highest BCUT2D eigenvalue weighted by atomic mass is 32.1.